The number of benzene rings is 2. The molecule has 0 unspecified atom stereocenters. The molecule has 2 nitrogen and oxygen atoms in total. The number of fused-ring (bicyclic) bond motifs is 1. The van der Waals surface area contributed by atoms with Gasteiger partial charge in [-0.05, 0) is 28.5 Å². The van der Waals surface area contributed by atoms with E-state index in [2.05, 4.69) is 45.0 Å². The summed E-state index contributed by atoms with van der Waals surface area (Å²) in [5, 5.41) is 11.3. The van der Waals surface area contributed by atoms with Gasteiger partial charge in [-0.2, -0.15) is 5.26 Å². The molecule has 0 fully saturated rings. The van der Waals surface area contributed by atoms with Crippen LogP contribution in [0.2, 0.25) is 0 Å². The van der Waals surface area contributed by atoms with E-state index in [1.165, 1.54) is 10.9 Å². The van der Waals surface area contributed by atoms with Gasteiger partial charge in [-0.25, -0.2) is 0 Å². The molecule has 0 saturated heterocycles. The lowest BCUT2D eigenvalue weighted by atomic mass is 9.84. The van der Waals surface area contributed by atoms with Gasteiger partial charge < -0.3 is 0 Å². The van der Waals surface area contributed by atoms with Gasteiger partial charge in [0.1, 0.15) is 0 Å². The monoisotopic (exact) mass is 286 g/mol. The summed E-state index contributed by atoms with van der Waals surface area (Å²) in [6.45, 7) is 6.62. The van der Waals surface area contributed by atoms with Gasteiger partial charge >= 0.3 is 0 Å². The zero-order valence-electron chi connectivity index (χ0n) is 13.1. The molecule has 0 atom stereocenters. The molecular weight excluding hydrogens is 268 g/mol. The summed E-state index contributed by atoms with van der Waals surface area (Å²) in [5.41, 5.74) is 3.97. The first kappa shape index (κ1) is 14.3. The van der Waals surface area contributed by atoms with Crippen LogP contribution in [-0.2, 0) is 5.41 Å². The molecule has 0 amide bonds. The van der Waals surface area contributed by atoms with Gasteiger partial charge in [-0.3, -0.25) is 4.98 Å². The van der Waals surface area contributed by atoms with Gasteiger partial charge in [0.25, 0.3) is 0 Å². The minimum absolute atomic E-state index is 0.0514. The normalized spacial score (nSPS) is 11.4. The Morgan fingerprint density at radius 2 is 1.55 bits per heavy atom. The van der Waals surface area contributed by atoms with Crippen molar-refractivity contribution in [1.82, 2.24) is 4.98 Å². The highest BCUT2D eigenvalue weighted by Gasteiger charge is 2.19. The molecule has 1 aromatic heterocycles. The summed E-state index contributed by atoms with van der Waals surface area (Å²) in [6, 6.07) is 18.1. The number of nitriles is 1. The smallest absolute Gasteiger partial charge is 0.0991 e. The molecule has 0 bridgehead atoms. The number of pyridine rings is 1. The van der Waals surface area contributed by atoms with E-state index in [0.717, 1.165) is 16.6 Å². The van der Waals surface area contributed by atoms with Gasteiger partial charge in [0.15, 0.2) is 0 Å². The van der Waals surface area contributed by atoms with Crippen LogP contribution in [0.25, 0.3) is 22.0 Å². The van der Waals surface area contributed by atoms with Crippen LogP contribution in [0.3, 0.4) is 0 Å². The second-order valence-electron chi connectivity index (χ2n) is 6.51. The van der Waals surface area contributed by atoms with Crippen molar-refractivity contribution in [3.05, 3.63) is 65.9 Å². The molecule has 0 spiro atoms. The first-order valence-corrected chi connectivity index (χ1v) is 7.39. The standard InChI is InChI=1S/C20H18N2/c1-20(2,3)18-13-22-19(17-7-5-4-6-16(17)18)15-10-8-14(12-21)9-11-15/h4-11,13H,1-3H3. The minimum Gasteiger partial charge on any atom is -0.255 e. The summed E-state index contributed by atoms with van der Waals surface area (Å²) in [5.74, 6) is 0. The average molecular weight is 286 g/mol. The summed E-state index contributed by atoms with van der Waals surface area (Å²) >= 11 is 0. The van der Waals surface area contributed by atoms with Crippen molar-refractivity contribution in [3.63, 3.8) is 0 Å². The third-order valence-electron chi connectivity index (χ3n) is 3.89. The van der Waals surface area contributed by atoms with E-state index >= 15 is 0 Å². The molecule has 0 saturated carbocycles. The Bertz CT molecular complexity index is 863. The lowest BCUT2D eigenvalue weighted by Gasteiger charge is -2.22. The van der Waals surface area contributed by atoms with E-state index < -0.39 is 0 Å². The Kier molecular flexibility index (Phi) is 3.42. The maximum atomic E-state index is 8.93. The second-order valence-corrected chi connectivity index (χ2v) is 6.51. The highest BCUT2D eigenvalue weighted by molar-refractivity contribution is 5.96. The highest BCUT2D eigenvalue weighted by atomic mass is 14.7. The molecule has 1 heterocycles. The zero-order valence-corrected chi connectivity index (χ0v) is 13.1. The maximum absolute atomic E-state index is 8.93. The third-order valence-corrected chi connectivity index (χ3v) is 3.89. The minimum atomic E-state index is 0.0514. The van der Waals surface area contributed by atoms with Crippen LogP contribution in [0, 0.1) is 11.3 Å². The fourth-order valence-corrected chi connectivity index (χ4v) is 2.72. The van der Waals surface area contributed by atoms with Crippen LogP contribution in [0.1, 0.15) is 31.9 Å². The number of hydrogen-bond acceptors (Lipinski definition) is 2. The molecule has 3 aromatic rings. The molecule has 0 aliphatic rings. The molecule has 108 valence electrons. The third kappa shape index (κ3) is 2.46. The Labute approximate surface area is 131 Å². The number of hydrogen-bond donors (Lipinski definition) is 0. The van der Waals surface area contributed by atoms with Crippen LogP contribution in [0.4, 0.5) is 0 Å². The summed E-state index contributed by atoms with van der Waals surface area (Å²) < 4.78 is 0. The number of aromatic nitrogens is 1. The van der Waals surface area contributed by atoms with Crippen LogP contribution in [0.15, 0.2) is 54.7 Å². The van der Waals surface area contributed by atoms with Crippen LogP contribution < -0.4 is 0 Å². The van der Waals surface area contributed by atoms with Crippen molar-refractivity contribution in [2.75, 3.05) is 0 Å². The highest BCUT2D eigenvalue weighted by Crippen LogP contribution is 2.34. The summed E-state index contributed by atoms with van der Waals surface area (Å²) in [6.07, 6.45) is 1.98. The number of rotatable bonds is 1. The lowest BCUT2D eigenvalue weighted by molar-refractivity contribution is 0.593. The quantitative estimate of drug-likeness (QED) is 0.626. The Hall–Kier alpha value is -2.66. The Morgan fingerprint density at radius 3 is 2.14 bits per heavy atom. The van der Waals surface area contributed by atoms with Crippen molar-refractivity contribution in [2.45, 2.75) is 26.2 Å². The topological polar surface area (TPSA) is 36.7 Å². The average Bonchev–Trinajstić information content (AvgIpc) is 2.53. The molecule has 0 radical (unpaired) electrons. The van der Waals surface area contributed by atoms with E-state index in [1.54, 1.807) is 0 Å². The van der Waals surface area contributed by atoms with Gasteiger partial charge in [0.05, 0.1) is 17.3 Å². The molecule has 0 aliphatic carbocycles. The lowest BCUT2D eigenvalue weighted by Crippen LogP contribution is -2.12. The molecular formula is C20H18N2. The maximum Gasteiger partial charge on any atom is 0.0991 e. The van der Waals surface area contributed by atoms with Crippen LogP contribution in [0.5, 0.6) is 0 Å². The molecule has 0 aliphatic heterocycles. The van der Waals surface area contributed by atoms with Gasteiger partial charge in [-0.15, -0.1) is 0 Å². The SMILES string of the molecule is CC(C)(C)c1cnc(-c2ccc(C#N)cc2)c2ccccc12. The largest absolute Gasteiger partial charge is 0.255 e. The summed E-state index contributed by atoms with van der Waals surface area (Å²) in [4.78, 5) is 4.72. The van der Waals surface area contributed by atoms with E-state index in [1.807, 2.05) is 36.5 Å². The fourth-order valence-electron chi connectivity index (χ4n) is 2.72. The second kappa shape index (κ2) is 5.27. The van der Waals surface area contributed by atoms with E-state index in [9.17, 15) is 0 Å². The first-order valence-electron chi connectivity index (χ1n) is 7.39. The Balaban J connectivity index is 2.26. The molecule has 0 N–H and O–H groups in total. The van der Waals surface area contributed by atoms with E-state index in [4.69, 9.17) is 10.2 Å². The van der Waals surface area contributed by atoms with E-state index in [0.29, 0.717) is 5.56 Å². The predicted octanol–water partition coefficient (Wildman–Crippen LogP) is 5.07. The van der Waals surface area contributed by atoms with Crippen molar-refractivity contribution < 1.29 is 0 Å². The van der Waals surface area contributed by atoms with Crippen LogP contribution >= 0.6 is 0 Å². The fraction of sp³-hybridized carbons (Fsp3) is 0.200. The van der Waals surface area contributed by atoms with Crippen LogP contribution in [-0.4, -0.2) is 4.98 Å². The van der Waals surface area contributed by atoms with Crippen molar-refractivity contribution in [3.8, 4) is 17.3 Å². The van der Waals surface area contributed by atoms with Gasteiger partial charge in [-0.1, -0.05) is 57.2 Å². The molecule has 2 heteroatoms. The zero-order chi connectivity index (χ0) is 15.7. The number of nitrogens with zero attached hydrogens (tertiary/aromatic N) is 2. The summed E-state index contributed by atoms with van der Waals surface area (Å²) in [7, 11) is 0. The van der Waals surface area contributed by atoms with E-state index in [-0.39, 0.29) is 5.41 Å². The van der Waals surface area contributed by atoms with Gasteiger partial charge in [0, 0.05) is 17.1 Å². The first-order chi connectivity index (χ1) is 10.5. The van der Waals surface area contributed by atoms with Crippen molar-refractivity contribution >= 4 is 10.8 Å². The molecule has 3 rings (SSSR count). The predicted molar refractivity (Wildman–Crippen MR) is 90.6 cm³/mol. The Morgan fingerprint density at radius 1 is 0.909 bits per heavy atom. The van der Waals surface area contributed by atoms with Crippen molar-refractivity contribution in [2.24, 2.45) is 0 Å². The molecule has 2 aromatic carbocycles. The molecule has 22 heavy (non-hydrogen) atoms. The van der Waals surface area contributed by atoms with Gasteiger partial charge in [0.2, 0.25) is 0 Å². The van der Waals surface area contributed by atoms with Crippen molar-refractivity contribution in [1.29, 1.82) is 5.26 Å².